The Balaban J connectivity index is 2.12. The van der Waals surface area contributed by atoms with E-state index in [4.69, 9.17) is 11.6 Å². The highest BCUT2D eigenvalue weighted by Crippen LogP contribution is 2.18. The van der Waals surface area contributed by atoms with Crippen LogP contribution in [-0.2, 0) is 6.54 Å². The van der Waals surface area contributed by atoms with Crippen molar-refractivity contribution >= 4 is 17.4 Å². The van der Waals surface area contributed by atoms with Crippen molar-refractivity contribution in [3.63, 3.8) is 0 Å². The summed E-state index contributed by atoms with van der Waals surface area (Å²) < 4.78 is 0. The molecule has 0 amide bonds. The van der Waals surface area contributed by atoms with E-state index >= 15 is 0 Å². The number of rotatable bonds is 3. The van der Waals surface area contributed by atoms with Gasteiger partial charge in [0.1, 0.15) is 0 Å². The SMILES string of the molecule is Cc1nc(Cl)c(NCc2nn[nH]n2)nc1C. The number of H-pyrrole nitrogens is 1. The predicted molar refractivity (Wildman–Crippen MR) is 58.0 cm³/mol. The highest BCUT2D eigenvalue weighted by molar-refractivity contribution is 6.31. The Bertz CT molecular complexity index is 481. The summed E-state index contributed by atoms with van der Waals surface area (Å²) in [7, 11) is 0. The topological polar surface area (TPSA) is 92.3 Å². The maximum absolute atomic E-state index is 5.94. The molecule has 0 atom stereocenters. The zero-order chi connectivity index (χ0) is 11.5. The molecule has 16 heavy (non-hydrogen) atoms. The maximum atomic E-state index is 5.94. The molecule has 0 spiro atoms. The standard InChI is InChI=1S/C8H10ClN7/c1-4-5(2)12-8(7(9)11-4)10-3-6-13-15-16-14-6/h3H2,1-2H3,(H,10,12)(H,13,14,15,16). The molecule has 0 radical (unpaired) electrons. The first kappa shape index (κ1) is 10.7. The number of nitrogens with zero attached hydrogens (tertiary/aromatic N) is 5. The van der Waals surface area contributed by atoms with E-state index in [0.717, 1.165) is 11.4 Å². The van der Waals surface area contributed by atoms with Crippen molar-refractivity contribution in [2.75, 3.05) is 5.32 Å². The zero-order valence-corrected chi connectivity index (χ0v) is 9.58. The van der Waals surface area contributed by atoms with E-state index in [9.17, 15) is 0 Å². The smallest absolute Gasteiger partial charge is 0.193 e. The summed E-state index contributed by atoms with van der Waals surface area (Å²) >= 11 is 5.94. The Morgan fingerprint density at radius 2 is 2.00 bits per heavy atom. The van der Waals surface area contributed by atoms with Crippen molar-refractivity contribution < 1.29 is 0 Å². The van der Waals surface area contributed by atoms with E-state index < -0.39 is 0 Å². The van der Waals surface area contributed by atoms with E-state index in [1.54, 1.807) is 0 Å². The number of aryl methyl sites for hydroxylation is 2. The molecule has 0 aliphatic heterocycles. The van der Waals surface area contributed by atoms with Crippen molar-refractivity contribution in [1.29, 1.82) is 0 Å². The molecule has 0 aromatic carbocycles. The minimum atomic E-state index is 0.339. The lowest BCUT2D eigenvalue weighted by Crippen LogP contribution is -2.06. The second kappa shape index (κ2) is 4.40. The lowest BCUT2D eigenvalue weighted by molar-refractivity contribution is 0.881. The van der Waals surface area contributed by atoms with Crippen LogP contribution in [0.2, 0.25) is 5.15 Å². The van der Waals surface area contributed by atoms with Crippen molar-refractivity contribution in [1.82, 2.24) is 30.6 Å². The Morgan fingerprint density at radius 1 is 1.25 bits per heavy atom. The van der Waals surface area contributed by atoms with Gasteiger partial charge in [-0.1, -0.05) is 16.8 Å². The average Bonchev–Trinajstić information content (AvgIpc) is 2.74. The zero-order valence-electron chi connectivity index (χ0n) is 8.82. The van der Waals surface area contributed by atoms with Crippen LogP contribution in [0.25, 0.3) is 0 Å². The molecule has 0 fully saturated rings. The minimum Gasteiger partial charge on any atom is -0.360 e. The van der Waals surface area contributed by atoms with Crippen LogP contribution in [0.4, 0.5) is 5.82 Å². The van der Waals surface area contributed by atoms with Crippen LogP contribution in [0.1, 0.15) is 17.2 Å². The number of tetrazole rings is 1. The van der Waals surface area contributed by atoms with Gasteiger partial charge in [0, 0.05) is 0 Å². The summed E-state index contributed by atoms with van der Waals surface area (Å²) in [6.07, 6.45) is 0. The fraction of sp³-hybridized carbons (Fsp3) is 0.375. The van der Waals surface area contributed by atoms with Crippen LogP contribution in [0.3, 0.4) is 0 Å². The fourth-order valence-corrected chi connectivity index (χ4v) is 1.34. The van der Waals surface area contributed by atoms with Crippen LogP contribution in [0, 0.1) is 13.8 Å². The summed E-state index contributed by atoms with van der Waals surface area (Å²) in [5.41, 5.74) is 1.65. The minimum absolute atomic E-state index is 0.339. The summed E-state index contributed by atoms with van der Waals surface area (Å²) in [5.74, 6) is 1.06. The second-order valence-corrected chi connectivity index (χ2v) is 3.57. The van der Waals surface area contributed by atoms with Gasteiger partial charge in [-0.2, -0.15) is 5.21 Å². The van der Waals surface area contributed by atoms with Crippen LogP contribution in [0.15, 0.2) is 0 Å². The van der Waals surface area contributed by atoms with Gasteiger partial charge in [0.2, 0.25) is 0 Å². The number of halogens is 1. The molecule has 0 saturated carbocycles. The van der Waals surface area contributed by atoms with Gasteiger partial charge in [0.05, 0.1) is 17.9 Å². The molecule has 2 heterocycles. The lowest BCUT2D eigenvalue weighted by atomic mass is 10.3. The molecular formula is C8H10ClN7. The van der Waals surface area contributed by atoms with Crippen LogP contribution >= 0.6 is 11.6 Å². The second-order valence-electron chi connectivity index (χ2n) is 3.22. The van der Waals surface area contributed by atoms with Crippen LogP contribution in [-0.4, -0.2) is 30.6 Å². The molecule has 2 aromatic heterocycles. The molecular weight excluding hydrogens is 230 g/mol. The largest absolute Gasteiger partial charge is 0.360 e. The van der Waals surface area contributed by atoms with E-state index in [0.29, 0.717) is 23.3 Å². The molecule has 0 unspecified atom stereocenters. The van der Waals surface area contributed by atoms with Gasteiger partial charge in [-0.25, -0.2) is 9.97 Å². The third-order valence-electron chi connectivity index (χ3n) is 2.07. The summed E-state index contributed by atoms with van der Waals surface area (Å²) in [4.78, 5) is 8.43. The first-order chi connectivity index (χ1) is 7.66. The number of hydrogen-bond acceptors (Lipinski definition) is 6. The van der Waals surface area contributed by atoms with Crippen molar-refractivity contribution in [2.45, 2.75) is 20.4 Å². The third-order valence-corrected chi connectivity index (χ3v) is 2.33. The molecule has 0 bridgehead atoms. The van der Waals surface area contributed by atoms with Gasteiger partial charge in [0.15, 0.2) is 16.8 Å². The number of aromatic nitrogens is 6. The summed E-state index contributed by atoms with van der Waals surface area (Å²) in [6.45, 7) is 4.13. The Hall–Kier alpha value is -1.76. The Morgan fingerprint density at radius 3 is 2.69 bits per heavy atom. The predicted octanol–water partition coefficient (Wildman–Crippen LogP) is 0.872. The van der Waals surface area contributed by atoms with E-state index in [2.05, 4.69) is 35.9 Å². The average molecular weight is 240 g/mol. The third kappa shape index (κ3) is 2.25. The first-order valence-electron chi connectivity index (χ1n) is 4.63. The summed E-state index contributed by atoms with van der Waals surface area (Å²) in [6, 6.07) is 0. The number of hydrogen-bond donors (Lipinski definition) is 2. The van der Waals surface area contributed by atoms with Crippen molar-refractivity contribution in [3.8, 4) is 0 Å². The van der Waals surface area contributed by atoms with Crippen molar-refractivity contribution in [2.24, 2.45) is 0 Å². The molecule has 0 aliphatic rings. The first-order valence-corrected chi connectivity index (χ1v) is 5.01. The maximum Gasteiger partial charge on any atom is 0.193 e. The molecule has 2 aromatic rings. The van der Waals surface area contributed by atoms with Crippen LogP contribution < -0.4 is 5.32 Å². The highest BCUT2D eigenvalue weighted by atomic mass is 35.5. The number of aromatic amines is 1. The molecule has 2 N–H and O–H groups in total. The van der Waals surface area contributed by atoms with E-state index in [-0.39, 0.29) is 0 Å². The Labute approximate surface area is 96.6 Å². The highest BCUT2D eigenvalue weighted by Gasteiger charge is 2.07. The molecule has 0 saturated heterocycles. The molecule has 8 heteroatoms. The quantitative estimate of drug-likeness (QED) is 0.826. The van der Waals surface area contributed by atoms with Crippen molar-refractivity contribution in [3.05, 3.63) is 22.4 Å². The van der Waals surface area contributed by atoms with E-state index in [1.165, 1.54) is 0 Å². The van der Waals surface area contributed by atoms with Gasteiger partial charge in [-0.05, 0) is 13.8 Å². The van der Waals surface area contributed by atoms with Gasteiger partial charge in [0.25, 0.3) is 0 Å². The van der Waals surface area contributed by atoms with Gasteiger partial charge in [-0.3, -0.25) is 0 Å². The molecule has 7 nitrogen and oxygen atoms in total. The van der Waals surface area contributed by atoms with Gasteiger partial charge < -0.3 is 5.32 Å². The lowest BCUT2D eigenvalue weighted by Gasteiger charge is -2.07. The molecule has 84 valence electrons. The summed E-state index contributed by atoms with van der Waals surface area (Å²) in [5, 5.41) is 16.7. The van der Waals surface area contributed by atoms with Crippen LogP contribution in [0.5, 0.6) is 0 Å². The number of anilines is 1. The fourth-order valence-electron chi connectivity index (χ4n) is 1.11. The van der Waals surface area contributed by atoms with Gasteiger partial charge >= 0.3 is 0 Å². The molecule has 2 rings (SSSR count). The number of nitrogens with one attached hydrogen (secondary N) is 2. The van der Waals surface area contributed by atoms with E-state index in [1.807, 2.05) is 13.8 Å². The van der Waals surface area contributed by atoms with Gasteiger partial charge in [-0.15, -0.1) is 10.2 Å². The molecule has 0 aliphatic carbocycles. The Kier molecular flexibility index (Phi) is 2.95. The normalized spacial score (nSPS) is 10.4. The monoisotopic (exact) mass is 239 g/mol.